The lowest BCUT2D eigenvalue weighted by Crippen LogP contribution is -2.18. The summed E-state index contributed by atoms with van der Waals surface area (Å²) in [5.41, 5.74) is 0.519. The van der Waals surface area contributed by atoms with Gasteiger partial charge in [0.05, 0.1) is 5.56 Å². The Morgan fingerprint density at radius 1 is 1.10 bits per heavy atom. The Bertz CT molecular complexity index is 503. The zero-order valence-electron chi connectivity index (χ0n) is 12.0. The fourth-order valence-electron chi connectivity index (χ4n) is 1.90. The topological polar surface area (TPSA) is 26.3 Å². The summed E-state index contributed by atoms with van der Waals surface area (Å²) in [6.07, 6.45) is 5.18. The molecule has 0 radical (unpaired) electrons. The van der Waals surface area contributed by atoms with Gasteiger partial charge in [-0.05, 0) is 89.0 Å². The minimum atomic E-state index is -0.292. The second-order valence-corrected chi connectivity index (χ2v) is 8.01. The second kappa shape index (κ2) is 9.68. The number of hydrogen-bond acceptors (Lipinski definition) is 2. The highest BCUT2D eigenvalue weighted by molar-refractivity contribution is 9.15. The first kappa shape index (κ1) is 19.7. The van der Waals surface area contributed by atoms with E-state index in [1.165, 1.54) is 12.8 Å². The maximum atomic E-state index is 12.4. The lowest BCUT2D eigenvalue weighted by Gasteiger charge is -2.17. The van der Waals surface area contributed by atoms with Crippen molar-refractivity contribution >= 4 is 69.7 Å². The molecule has 0 aliphatic carbocycles. The summed E-state index contributed by atoms with van der Waals surface area (Å²) in [5.74, 6) is -0.292. The van der Waals surface area contributed by atoms with Crippen molar-refractivity contribution in [3.05, 3.63) is 29.5 Å². The zero-order valence-corrected chi connectivity index (χ0v) is 18.4. The van der Waals surface area contributed by atoms with Gasteiger partial charge >= 0.3 is 5.97 Å². The molecule has 0 saturated carbocycles. The molecule has 0 bridgehead atoms. The van der Waals surface area contributed by atoms with Crippen molar-refractivity contribution in [3.8, 4) is 0 Å². The van der Waals surface area contributed by atoms with E-state index in [2.05, 4.69) is 70.6 Å². The van der Waals surface area contributed by atoms with Crippen molar-refractivity contribution in [1.82, 2.24) is 0 Å². The summed E-state index contributed by atoms with van der Waals surface area (Å²) in [6.45, 7) is 4.22. The molecule has 0 aromatic heterocycles. The van der Waals surface area contributed by atoms with Crippen LogP contribution >= 0.6 is 63.7 Å². The summed E-state index contributed by atoms with van der Waals surface area (Å²) < 4.78 is 8.80. The third-order valence-electron chi connectivity index (χ3n) is 3.18. The summed E-state index contributed by atoms with van der Waals surface area (Å²) in [6, 6.07) is 1.76. The second-order valence-electron chi connectivity index (χ2n) is 4.78. The van der Waals surface area contributed by atoms with Crippen molar-refractivity contribution in [3.63, 3.8) is 0 Å². The van der Waals surface area contributed by atoms with Crippen LogP contribution in [0.4, 0.5) is 0 Å². The van der Waals surface area contributed by atoms with E-state index in [1.807, 2.05) is 6.92 Å². The molecule has 0 saturated heterocycles. The summed E-state index contributed by atoms with van der Waals surface area (Å²) in [7, 11) is 0. The first-order valence-electron chi connectivity index (χ1n) is 6.96. The molecular weight excluding hydrogens is 532 g/mol. The van der Waals surface area contributed by atoms with Crippen LogP contribution < -0.4 is 0 Å². The molecule has 0 heterocycles. The minimum Gasteiger partial charge on any atom is -0.459 e. The van der Waals surface area contributed by atoms with Gasteiger partial charge in [-0.15, -0.1) is 0 Å². The van der Waals surface area contributed by atoms with Crippen LogP contribution in [0.15, 0.2) is 24.0 Å². The van der Waals surface area contributed by atoms with Gasteiger partial charge in [0, 0.05) is 17.9 Å². The van der Waals surface area contributed by atoms with E-state index in [0.717, 1.165) is 32.7 Å². The van der Waals surface area contributed by atoms with Gasteiger partial charge < -0.3 is 4.74 Å². The number of unbranched alkanes of at least 4 members (excludes halogenated alkanes) is 2. The Labute approximate surface area is 159 Å². The molecule has 0 N–H and O–H groups in total. The Morgan fingerprint density at radius 2 is 1.76 bits per heavy atom. The standard InChI is InChI=1S/C15H18Br4O2/c1-3-5-6-7-9(4-2)21-15(20)10-8-11(16)13(18)14(19)12(10)17/h8-9H,3-7H2,1-2H3. The van der Waals surface area contributed by atoms with Gasteiger partial charge in [0.25, 0.3) is 0 Å². The van der Waals surface area contributed by atoms with Crippen LogP contribution in [0.25, 0.3) is 0 Å². The first-order valence-corrected chi connectivity index (χ1v) is 10.1. The molecule has 0 aliphatic heterocycles. The molecule has 1 aromatic carbocycles. The molecule has 0 spiro atoms. The Morgan fingerprint density at radius 3 is 2.33 bits per heavy atom. The fraction of sp³-hybridized carbons (Fsp3) is 0.533. The van der Waals surface area contributed by atoms with E-state index >= 15 is 0 Å². The van der Waals surface area contributed by atoms with Crippen molar-refractivity contribution in [2.45, 2.75) is 52.1 Å². The van der Waals surface area contributed by atoms with Crippen LogP contribution in [0.3, 0.4) is 0 Å². The maximum absolute atomic E-state index is 12.4. The van der Waals surface area contributed by atoms with Crippen LogP contribution in [-0.2, 0) is 4.74 Å². The van der Waals surface area contributed by atoms with Gasteiger partial charge in [-0.1, -0.05) is 26.7 Å². The highest BCUT2D eigenvalue weighted by Crippen LogP contribution is 2.39. The van der Waals surface area contributed by atoms with E-state index in [4.69, 9.17) is 4.74 Å². The molecule has 118 valence electrons. The van der Waals surface area contributed by atoms with Gasteiger partial charge in [-0.3, -0.25) is 0 Å². The van der Waals surface area contributed by atoms with Crippen LogP contribution in [0.1, 0.15) is 56.3 Å². The van der Waals surface area contributed by atoms with E-state index in [-0.39, 0.29) is 12.1 Å². The highest BCUT2D eigenvalue weighted by Gasteiger charge is 2.21. The SMILES string of the molecule is CCCCCC(CC)OC(=O)c1cc(Br)c(Br)c(Br)c1Br. The molecule has 0 amide bonds. The molecule has 1 rings (SSSR count). The number of carbonyl (C=O) groups excluding carboxylic acids is 1. The maximum Gasteiger partial charge on any atom is 0.339 e. The number of hydrogen-bond donors (Lipinski definition) is 0. The predicted molar refractivity (Wildman–Crippen MR) is 101 cm³/mol. The molecule has 1 unspecified atom stereocenters. The largest absolute Gasteiger partial charge is 0.459 e. The molecule has 2 nitrogen and oxygen atoms in total. The number of benzene rings is 1. The van der Waals surface area contributed by atoms with Crippen molar-refractivity contribution in [2.75, 3.05) is 0 Å². The zero-order chi connectivity index (χ0) is 16.0. The van der Waals surface area contributed by atoms with E-state index < -0.39 is 0 Å². The lowest BCUT2D eigenvalue weighted by atomic mass is 10.1. The molecule has 21 heavy (non-hydrogen) atoms. The number of rotatable bonds is 7. The first-order chi connectivity index (χ1) is 9.92. The quantitative estimate of drug-likeness (QED) is 0.155. The van der Waals surface area contributed by atoms with Crippen LogP contribution in [-0.4, -0.2) is 12.1 Å². The van der Waals surface area contributed by atoms with Crippen LogP contribution in [0.2, 0.25) is 0 Å². The van der Waals surface area contributed by atoms with E-state index in [1.54, 1.807) is 6.07 Å². The van der Waals surface area contributed by atoms with E-state index in [0.29, 0.717) is 10.0 Å². The number of ether oxygens (including phenoxy) is 1. The van der Waals surface area contributed by atoms with Crippen LogP contribution in [0, 0.1) is 0 Å². The van der Waals surface area contributed by atoms with E-state index in [9.17, 15) is 4.79 Å². The molecule has 6 heteroatoms. The van der Waals surface area contributed by atoms with Gasteiger partial charge in [-0.25, -0.2) is 4.79 Å². The Hall–Kier alpha value is 0.610. The van der Waals surface area contributed by atoms with Gasteiger partial charge in [0.1, 0.15) is 6.10 Å². The Kier molecular flexibility index (Phi) is 9.06. The normalized spacial score (nSPS) is 12.3. The summed E-state index contributed by atoms with van der Waals surface area (Å²) >= 11 is 13.8. The fourth-order valence-corrected chi connectivity index (χ4v) is 4.08. The molecule has 0 fully saturated rings. The minimum absolute atomic E-state index is 0.0165. The molecule has 1 atom stereocenters. The number of carbonyl (C=O) groups is 1. The third-order valence-corrected chi connectivity index (χ3v) is 7.84. The van der Waals surface area contributed by atoms with Gasteiger partial charge in [0.15, 0.2) is 0 Å². The highest BCUT2D eigenvalue weighted by atomic mass is 79.9. The third kappa shape index (κ3) is 5.63. The number of halogens is 4. The Balaban J connectivity index is 2.83. The molecule has 0 aliphatic rings. The average Bonchev–Trinajstić information content (AvgIpc) is 2.47. The molecular formula is C15H18Br4O2. The predicted octanol–water partition coefficient (Wildman–Crippen LogP) is 7.25. The average molecular weight is 550 g/mol. The monoisotopic (exact) mass is 546 g/mol. The van der Waals surface area contributed by atoms with Gasteiger partial charge in [0.2, 0.25) is 0 Å². The summed E-state index contributed by atoms with van der Waals surface area (Å²) in [4.78, 5) is 12.4. The van der Waals surface area contributed by atoms with Crippen molar-refractivity contribution in [2.24, 2.45) is 0 Å². The van der Waals surface area contributed by atoms with Crippen LogP contribution in [0.5, 0.6) is 0 Å². The van der Waals surface area contributed by atoms with Crippen molar-refractivity contribution < 1.29 is 9.53 Å². The lowest BCUT2D eigenvalue weighted by molar-refractivity contribution is 0.0266. The smallest absolute Gasteiger partial charge is 0.339 e. The summed E-state index contributed by atoms with van der Waals surface area (Å²) in [5, 5.41) is 0. The molecule has 1 aromatic rings. The van der Waals surface area contributed by atoms with Gasteiger partial charge in [-0.2, -0.15) is 0 Å². The number of esters is 1. The van der Waals surface area contributed by atoms with Crippen molar-refractivity contribution in [1.29, 1.82) is 0 Å².